The van der Waals surface area contributed by atoms with E-state index in [1.165, 1.54) is 25.7 Å². The maximum absolute atomic E-state index is 8.51. The van der Waals surface area contributed by atoms with Gasteiger partial charge in [0.2, 0.25) is 0 Å². The molecule has 0 spiro atoms. The number of hydrogen-bond donors (Lipinski definition) is 0. The molecule has 1 aliphatic rings. The van der Waals surface area contributed by atoms with Crippen LogP contribution in [0.4, 0.5) is 0 Å². The molecule has 1 rings (SSSR count). The summed E-state index contributed by atoms with van der Waals surface area (Å²) in [5, 5.41) is 8.51. The molecule has 1 fully saturated rings. The Morgan fingerprint density at radius 2 is 2.33 bits per heavy atom. The smallest absolute Gasteiger partial charge is 0.0635 e. The third kappa shape index (κ3) is 5.15. The van der Waals surface area contributed by atoms with E-state index in [9.17, 15) is 0 Å². The quantitative estimate of drug-likeness (QED) is 0.646. The summed E-state index contributed by atoms with van der Waals surface area (Å²) in [5.74, 6) is 0. The van der Waals surface area contributed by atoms with E-state index in [-0.39, 0.29) is 0 Å². The van der Waals surface area contributed by atoms with Crippen molar-refractivity contribution in [3.05, 3.63) is 0 Å². The molecular weight excluding hydrogens is 188 g/mol. The summed E-state index contributed by atoms with van der Waals surface area (Å²) in [6.07, 6.45) is 6.02. The van der Waals surface area contributed by atoms with Crippen molar-refractivity contribution in [3.8, 4) is 6.07 Å². The highest BCUT2D eigenvalue weighted by Crippen LogP contribution is 2.16. The molecule has 1 heterocycles. The van der Waals surface area contributed by atoms with Crippen molar-refractivity contribution in [2.45, 2.75) is 45.1 Å². The Labute approximate surface area is 93.0 Å². The minimum absolute atomic E-state index is 0.514. The molecule has 1 aliphatic heterocycles. The first kappa shape index (κ1) is 12.5. The summed E-state index contributed by atoms with van der Waals surface area (Å²) >= 11 is 0. The predicted octanol–water partition coefficient (Wildman–Crippen LogP) is 2.18. The summed E-state index contributed by atoms with van der Waals surface area (Å²) < 4.78 is 5.58. The Kier molecular flexibility index (Phi) is 6.38. The van der Waals surface area contributed by atoms with E-state index in [1.807, 2.05) is 0 Å². The van der Waals surface area contributed by atoms with E-state index < -0.39 is 0 Å². The zero-order valence-corrected chi connectivity index (χ0v) is 9.74. The van der Waals surface area contributed by atoms with Crippen molar-refractivity contribution in [2.24, 2.45) is 0 Å². The Balaban J connectivity index is 2.03. The fourth-order valence-corrected chi connectivity index (χ4v) is 2.05. The van der Waals surface area contributed by atoms with Gasteiger partial charge in [0.15, 0.2) is 0 Å². The van der Waals surface area contributed by atoms with Crippen LogP contribution in [0.5, 0.6) is 0 Å². The molecule has 0 aromatic rings. The Morgan fingerprint density at radius 1 is 1.47 bits per heavy atom. The summed E-state index contributed by atoms with van der Waals surface area (Å²) in [5.41, 5.74) is 0. The average Bonchev–Trinajstić information content (AvgIpc) is 2.76. The molecule has 0 aromatic carbocycles. The maximum atomic E-state index is 8.51. The van der Waals surface area contributed by atoms with Crippen molar-refractivity contribution < 1.29 is 4.74 Å². The van der Waals surface area contributed by atoms with Gasteiger partial charge in [-0.2, -0.15) is 5.26 Å². The molecule has 86 valence electrons. The van der Waals surface area contributed by atoms with Gasteiger partial charge in [-0.1, -0.05) is 6.92 Å². The van der Waals surface area contributed by atoms with Crippen LogP contribution in [0, 0.1) is 11.3 Å². The maximum Gasteiger partial charge on any atom is 0.0635 e. The molecule has 0 aliphatic carbocycles. The zero-order chi connectivity index (χ0) is 10.9. The lowest BCUT2D eigenvalue weighted by atomic mass is 10.1. The van der Waals surface area contributed by atoms with Crippen LogP contribution in [0.1, 0.15) is 39.0 Å². The number of hydrogen-bond acceptors (Lipinski definition) is 3. The molecule has 0 bridgehead atoms. The van der Waals surface area contributed by atoms with Gasteiger partial charge in [-0.15, -0.1) is 0 Å². The lowest BCUT2D eigenvalue weighted by molar-refractivity contribution is 0.0990. The van der Waals surface area contributed by atoms with Crippen molar-refractivity contribution >= 4 is 0 Å². The van der Waals surface area contributed by atoms with Crippen molar-refractivity contribution in [2.75, 3.05) is 26.2 Å². The van der Waals surface area contributed by atoms with Crippen LogP contribution >= 0.6 is 0 Å². The molecule has 3 nitrogen and oxygen atoms in total. The second-order valence-corrected chi connectivity index (χ2v) is 4.12. The number of nitriles is 1. The van der Waals surface area contributed by atoms with E-state index in [1.54, 1.807) is 0 Å². The van der Waals surface area contributed by atoms with Gasteiger partial charge in [-0.25, -0.2) is 0 Å². The molecule has 3 heteroatoms. The molecule has 1 unspecified atom stereocenters. The fraction of sp³-hybridized carbons (Fsp3) is 0.917. The lowest BCUT2D eigenvalue weighted by Crippen LogP contribution is -2.26. The van der Waals surface area contributed by atoms with E-state index in [4.69, 9.17) is 10.00 Å². The van der Waals surface area contributed by atoms with Gasteiger partial charge in [0, 0.05) is 19.6 Å². The van der Waals surface area contributed by atoms with Gasteiger partial charge in [-0.05, 0) is 38.8 Å². The van der Waals surface area contributed by atoms with E-state index in [2.05, 4.69) is 17.9 Å². The van der Waals surface area contributed by atoms with Crippen LogP contribution in [-0.2, 0) is 4.74 Å². The molecule has 0 N–H and O–H groups in total. The second-order valence-electron chi connectivity index (χ2n) is 4.12. The SMILES string of the molecule is CCN(CCC#N)CCCC1CCCO1. The predicted molar refractivity (Wildman–Crippen MR) is 60.6 cm³/mol. The van der Waals surface area contributed by atoms with E-state index in [0.717, 1.165) is 26.2 Å². The summed E-state index contributed by atoms with van der Waals surface area (Å²) in [6, 6.07) is 2.20. The van der Waals surface area contributed by atoms with Crippen molar-refractivity contribution in [1.29, 1.82) is 5.26 Å². The zero-order valence-electron chi connectivity index (χ0n) is 9.74. The van der Waals surface area contributed by atoms with E-state index in [0.29, 0.717) is 12.5 Å². The molecule has 0 radical (unpaired) electrons. The third-order valence-corrected chi connectivity index (χ3v) is 3.01. The topological polar surface area (TPSA) is 36.3 Å². The number of rotatable bonds is 7. The van der Waals surface area contributed by atoms with Gasteiger partial charge < -0.3 is 9.64 Å². The van der Waals surface area contributed by atoms with Crippen LogP contribution in [-0.4, -0.2) is 37.2 Å². The number of ether oxygens (including phenoxy) is 1. The van der Waals surface area contributed by atoms with Gasteiger partial charge in [0.05, 0.1) is 12.2 Å². The highest BCUT2D eigenvalue weighted by Gasteiger charge is 2.15. The van der Waals surface area contributed by atoms with Crippen molar-refractivity contribution in [3.63, 3.8) is 0 Å². The van der Waals surface area contributed by atoms with Crippen molar-refractivity contribution in [1.82, 2.24) is 4.90 Å². The Hall–Kier alpha value is -0.590. The van der Waals surface area contributed by atoms with Gasteiger partial charge in [-0.3, -0.25) is 0 Å². The van der Waals surface area contributed by atoms with Crippen LogP contribution in [0.3, 0.4) is 0 Å². The highest BCUT2D eigenvalue weighted by molar-refractivity contribution is 4.72. The van der Waals surface area contributed by atoms with Crippen LogP contribution in [0.15, 0.2) is 0 Å². The highest BCUT2D eigenvalue weighted by atomic mass is 16.5. The minimum atomic E-state index is 0.514. The lowest BCUT2D eigenvalue weighted by Gasteiger charge is -2.19. The Bertz CT molecular complexity index is 194. The molecule has 0 saturated carbocycles. The first-order chi connectivity index (χ1) is 7.36. The van der Waals surface area contributed by atoms with Gasteiger partial charge in [0.1, 0.15) is 0 Å². The monoisotopic (exact) mass is 210 g/mol. The normalized spacial score (nSPS) is 20.7. The van der Waals surface area contributed by atoms with Crippen LogP contribution in [0.2, 0.25) is 0 Å². The van der Waals surface area contributed by atoms with E-state index >= 15 is 0 Å². The number of nitrogens with zero attached hydrogens (tertiary/aromatic N) is 2. The summed E-state index contributed by atoms with van der Waals surface area (Å²) in [7, 11) is 0. The average molecular weight is 210 g/mol. The fourth-order valence-electron chi connectivity index (χ4n) is 2.05. The summed E-state index contributed by atoms with van der Waals surface area (Å²) in [6.45, 7) is 6.18. The first-order valence-corrected chi connectivity index (χ1v) is 6.07. The minimum Gasteiger partial charge on any atom is -0.378 e. The van der Waals surface area contributed by atoms with Gasteiger partial charge in [0.25, 0.3) is 0 Å². The summed E-state index contributed by atoms with van der Waals surface area (Å²) in [4.78, 5) is 2.35. The molecule has 0 amide bonds. The van der Waals surface area contributed by atoms with Crippen LogP contribution < -0.4 is 0 Å². The molecule has 15 heavy (non-hydrogen) atoms. The molecule has 1 atom stereocenters. The molecule has 0 aromatic heterocycles. The largest absolute Gasteiger partial charge is 0.378 e. The van der Waals surface area contributed by atoms with Gasteiger partial charge >= 0.3 is 0 Å². The third-order valence-electron chi connectivity index (χ3n) is 3.01. The Morgan fingerprint density at radius 3 is 2.93 bits per heavy atom. The molecular formula is C12H22N2O. The second kappa shape index (κ2) is 7.67. The molecule has 1 saturated heterocycles. The first-order valence-electron chi connectivity index (χ1n) is 6.07. The standard InChI is InChI=1S/C12H22N2O/c1-2-14(10-5-8-13)9-3-6-12-7-4-11-15-12/h12H,2-7,9-11H2,1H3. The van der Waals surface area contributed by atoms with Crippen LogP contribution in [0.25, 0.3) is 0 Å².